The number of aliphatic carboxylic acids is 3. The molecule has 18 nitrogen and oxygen atoms in total. The maximum atomic E-state index is 12.0. The zero-order valence-electron chi connectivity index (χ0n) is 25.0. The molecule has 0 saturated heterocycles. The predicted molar refractivity (Wildman–Crippen MR) is 164 cm³/mol. The van der Waals surface area contributed by atoms with Crippen LogP contribution in [-0.4, -0.2) is 127 Å². The van der Waals surface area contributed by atoms with Crippen LogP contribution in [0.2, 0.25) is 0 Å². The van der Waals surface area contributed by atoms with Gasteiger partial charge in [0, 0.05) is 25.9 Å². The SMILES string of the molecule is CNC(CCC(=O)NC(CCC(=O)NCCOCCOCC(=O)NC(CCCCNC(=O)CSNS)C(=O)O)C(=O)O)C(=O)O. The highest BCUT2D eigenvalue weighted by Gasteiger charge is 2.23. The smallest absolute Gasteiger partial charge is 0.326 e. The standard InChI is InChI=1S/C25H44N6O12S2/c1-26-16(23(36)37)5-8-20(33)29-18(25(40)41)6-7-19(32)28-10-11-42-12-13-43-14-21(34)30-17(24(38)39)4-2-3-9-27-22(35)15-45-31-44/h16-18,26,31,44H,2-15H2,1H3,(H,27,35)(H,28,32)(H,29,33)(H,30,34)(H,36,37)(H,38,39)(H,40,41). The number of carboxylic acid groups (broad SMARTS) is 3. The van der Waals surface area contributed by atoms with Crippen molar-refractivity contribution in [2.45, 2.75) is 63.1 Å². The van der Waals surface area contributed by atoms with Crippen molar-refractivity contribution in [1.82, 2.24) is 30.7 Å². The van der Waals surface area contributed by atoms with E-state index in [9.17, 15) is 43.8 Å². The van der Waals surface area contributed by atoms with Gasteiger partial charge in [0.15, 0.2) is 0 Å². The molecule has 0 radical (unpaired) electrons. The highest BCUT2D eigenvalue weighted by atomic mass is 32.2. The van der Waals surface area contributed by atoms with Gasteiger partial charge in [-0.25, -0.2) is 13.7 Å². The van der Waals surface area contributed by atoms with Crippen LogP contribution in [-0.2, 0) is 43.0 Å². The molecule has 0 aliphatic heterocycles. The molecule has 0 aromatic carbocycles. The average molecular weight is 685 g/mol. The van der Waals surface area contributed by atoms with E-state index in [1.165, 1.54) is 7.05 Å². The van der Waals surface area contributed by atoms with Crippen molar-refractivity contribution in [1.29, 1.82) is 0 Å². The van der Waals surface area contributed by atoms with E-state index in [-0.39, 0.29) is 76.7 Å². The fourth-order valence-corrected chi connectivity index (χ4v) is 4.04. The van der Waals surface area contributed by atoms with Crippen molar-refractivity contribution in [3.8, 4) is 0 Å². The van der Waals surface area contributed by atoms with E-state index in [1.54, 1.807) is 0 Å². The quantitative estimate of drug-likeness (QED) is 0.0240. The van der Waals surface area contributed by atoms with E-state index in [2.05, 4.69) is 43.5 Å². The van der Waals surface area contributed by atoms with E-state index < -0.39 is 53.8 Å². The number of ether oxygens (including phenoxy) is 2. The fraction of sp³-hybridized carbons (Fsp3) is 0.720. The Hall–Kier alpha value is -3.17. The molecule has 0 aromatic heterocycles. The number of hydrogen-bond donors (Lipinski definition) is 10. The molecular weight excluding hydrogens is 640 g/mol. The lowest BCUT2D eigenvalue weighted by atomic mass is 10.1. The number of rotatable bonds is 28. The predicted octanol–water partition coefficient (Wildman–Crippen LogP) is -2.12. The van der Waals surface area contributed by atoms with Crippen molar-refractivity contribution in [3.05, 3.63) is 0 Å². The van der Waals surface area contributed by atoms with Gasteiger partial charge >= 0.3 is 17.9 Å². The first-order valence-electron chi connectivity index (χ1n) is 14.0. The Morgan fingerprint density at radius 3 is 1.84 bits per heavy atom. The van der Waals surface area contributed by atoms with Crippen LogP contribution in [0.4, 0.5) is 0 Å². The van der Waals surface area contributed by atoms with Gasteiger partial charge in [0.2, 0.25) is 23.6 Å². The van der Waals surface area contributed by atoms with Crippen LogP contribution in [0.25, 0.3) is 0 Å². The number of carbonyl (C=O) groups excluding carboxylic acids is 4. The van der Waals surface area contributed by atoms with Gasteiger partial charge in [-0.2, -0.15) is 0 Å². The summed E-state index contributed by atoms with van der Waals surface area (Å²) >= 11 is 4.88. The Kier molecular flexibility index (Phi) is 24.2. The Labute approximate surface area is 270 Å². The third-order valence-corrected chi connectivity index (χ3v) is 6.84. The van der Waals surface area contributed by atoms with E-state index in [4.69, 9.17) is 14.6 Å². The second-order valence-electron chi connectivity index (χ2n) is 9.41. The minimum atomic E-state index is -1.33. The summed E-state index contributed by atoms with van der Waals surface area (Å²) in [6.07, 6.45) is 0.574. The zero-order chi connectivity index (χ0) is 34.0. The molecule has 0 aromatic rings. The number of hydrogen-bond acceptors (Lipinski definition) is 13. The van der Waals surface area contributed by atoms with Gasteiger partial charge in [-0.1, -0.05) is 24.8 Å². The van der Waals surface area contributed by atoms with Crippen molar-refractivity contribution in [3.63, 3.8) is 0 Å². The molecule has 45 heavy (non-hydrogen) atoms. The Bertz CT molecular complexity index is 962. The average Bonchev–Trinajstić information content (AvgIpc) is 2.98. The third kappa shape index (κ3) is 22.9. The van der Waals surface area contributed by atoms with Gasteiger partial charge in [0.1, 0.15) is 24.7 Å². The largest absolute Gasteiger partial charge is 0.480 e. The van der Waals surface area contributed by atoms with Crippen LogP contribution >= 0.6 is 24.8 Å². The molecular formula is C25H44N6O12S2. The Morgan fingerprint density at radius 1 is 0.667 bits per heavy atom. The number of nitrogens with one attached hydrogen (secondary N) is 6. The van der Waals surface area contributed by atoms with Crippen LogP contribution < -0.4 is 30.7 Å². The summed E-state index contributed by atoms with van der Waals surface area (Å²) in [5.74, 6) is -5.37. The number of carboxylic acids is 3. The molecule has 0 fully saturated rings. The molecule has 0 heterocycles. The van der Waals surface area contributed by atoms with Crippen LogP contribution in [0, 0.1) is 0 Å². The highest BCUT2D eigenvalue weighted by Crippen LogP contribution is 2.03. The number of thiol groups is 1. The van der Waals surface area contributed by atoms with Gasteiger partial charge in [-0.05, 0) is 39.2 Å². The molecule has 0 aliphatic carbocycles. The molecule has 0 spiro atoms. The van der Waals surface area contributed by atoms with Gasteiger partial charge in [-0.3, -0.25) is 24.0 Å². The number of carbonyl (C=O) groups is 7. The minimum Gasteiger partial charge on any atom is -0.480 e. The van der Waals surface area contributed by atoms with E-state index in [0.717, 1.165) is 11.9 Å². The molecule has 3 atom stereocenters. The first kappa shape index (κ1) is 41.8. The third-order valence-electron chi connectivity index (χ3n) is 5.92. The summed E-state index contributed by atoms with van der Waals surface area (Å²) in [6.45, 7) is 0.321. The summed E-state index contributed by atoms with van der Waals surface area (Å²) < 4.78 is 12.9. The molecule has 258 valence electrons. The van der Waals surface area contributed by atoms with Gasteiger partial charge in [0.05, 0.1) is 25.6 Å². The fourth-order valence-electron chi connectivity index (χ4n) is 3.55. The van der Waals surface area contributed by atoms with Crippen molar-refractivity contribution in [2.75, 3.05) is 52.3 Å². The number of likely N-dealkylation sites (N-methyl/N-ethyl adjacent to an activating group) is 1. The normalized spacial score (nSPS) is 12.8. The van der Waals surface area contributed by atoms with E-state index >= 15 is 0 Å². The molecule has 0 bridgehead atoms. The molecule has 3 unspecified atom stereocenters. The highest BCUT2D eigenvalue weighted by molar-refractivity contribution is 8.06. The first-order chi connectivity index (χ1) is 21.4. The lowest BCUT2D eigenvalue weighted by Crippen LogP contribution is -2.43. The second kappa shape index (κ2) is 26.1. The van der Waals surface area contributed by atoms with Crippen LogP contribution in [0.15, 0.2) is 0 Å². The molecule has 4 amide bonds. The molecule has 0 saturated carbocycles. The minimum absolute atomic E-state index is 0.0291. The maximum absolute atomic E-state index is 12.0. The van der Waals surface area contributed by atoms with Crippen LogP contribution in [0.1, 0.15) is 44.9 Å². The number of unbranched alkanes of at least 4 members (excludes halogenated alkanes) is 1. The Morgan fingerprint density at radius 2 is 1.22 bits per heavy atom. The van der Waals surface area contributed by atoms with Crippen molar-refractivity contribution >= 4 is 66.3 Å². The van der Waals surface area contributed by atoms with Crippen LogP contribution in [0.3, 0.4) is 0 Å². The summed E-state index contributed by atoms with van der Waals surface area (Å²) in [4.78, 5) is 81.3. The maximum Gasteiger partial charge on any atom is 0.326 e. The Balaban J connectivity index is 4.04. The van der Waals surface area contributed by atoms with E-state index in [1.807, 2.05) is 0 Å². The van der Waals surface area contributed by atoms with Crippen molar-refractivity contribution in [2.24, 2.45) is 0 Å². The summed E-state index contributed by atoms with van der Waals surface area (Å²) in [7, 11) is 1.43. The number of amides is 4. The van der Waals surface area contributed by atoms with Gasteiger partial charge < -0.3 is 51.4 Å². The summed E-state index contributed by atoms with van der Waals surface area (Å²) in [5, 5.41) is 40.0. The second-order valence-corrected chi connectivity index (χ2v) is 10.7. The molecule has 20 heteroatoms. The first-order valence-corrected chi connectivity index (χ1v) is 15.5. The lowest BCUT2D eigenvalue weighted by Gasteiger charge is -2.16. The molecule has 0 aliphatic rings. The van der Waals surface area contributed by atoms with Gasteiger partial charge in [0.25, 0.3) is 0 Å². The zero-order valence-corrected chi connectivity index (χ0v) is 26.7. The van der Waals surface area contributed by atoms with Crippen molar-refractivity contribution < 1.29 is 58.4 Å². The van der Waals surface area contributed by atoms with Crippen LogP contribution in [0.5, 0.6) is 0 Å². The van der Waals surface area contributed by atoms with Gasteiger partial charge in [-0.15, -0.1) is 0 Å². The lowest BCUT2D eigenvalue weighted by molar-refractivity contribution is -0.143. The topological polar surface area (TPSA) is 271 Å². The summed E-state index contributed by atoms with van der Waals surface area (Å²) in [6, 6.07) is -3.37. The van der Waals surface area contributed by atoms with E-state index in [0.29, 0.717) is 19.4 Å². The monoisotopic (exact) mass is 684 g/mol. The molecule has 0 rings (SSSR count). The molecule has 9 N–H and O–H groups in total. The summed E-state index contributed by atoms with van der Waals surface area (Å²) in [5.41, 5.74) is 0.